The van der Waals surface area contributed by atoms with Crippen LogP contribution >= 0.6 is 11.6 Å². The van der Waals surface area contributed by atoms with Crippen LogP contribution in [0, 0.1) is 0 Å². The molecule has 1 atom stereocenters. The average molecular weight is 508 g/mol. The molecule has 3 aliphatic heterocycles. The van der Waals surface area contributed by atoms with Crippen molar-refractivity contribution in [3.05, 3.63) is 27.8 Å². The quantitative estimate of drug-likeness (QED) is 0.584. The first kappa shape index (κ1) is 25.1. The maximum Gasteiger partial charge on any atom is 0.407 e. The number of carboxylic acid groups (broad SMARTS) is 1. The fourth-order valence-corrected chi connectivity index (χ4v) is 5.49. The number of ether oxygens (including phenoxy) is 2. The van der Waals surface area contributed by atoms with E-state index in [2.05, 4.69) is 0 Å². The number of piperidine rings is 1. The molecule has 0 radical (unpaired) electrons. The lowest BCUT2D eigenvalue weighted by Gasteiger charge is -2.37. The molecule has 3 aliphatic rings. The number of hydrogen-bond acceptors (Lipinski definition) is 6. The molecule has 3 amide bonds. The van der Waals surface area contributed by atoms with Gasteiger partial charge in [0, 0.05) is 36.1 Å². The lowest BCUT2D eigenvalue weighted by molar-refractivity contribution is -0.155. The van der Waals surface area contributed by atoms with E-state index in [1.807, 2.05) is 0 Å². The normalized spacial score (nSPS) is 19.3. The third-order valence-electron chi connectivity index (χ3n) is 6.94. The van der Waals surface area contributed by atoms with Crippen molar-refractivity contribution in [2.45, 2.75) is 70.1 Å². The number of esters is 1. The van der Waals surface area contributed by atoms with Gasteiger partial charge in [0.2, 0.25) is 5.91 Å². The Hall–Kier alpha value is -3.01. The topological polar surface area (TPSA) is 139 Å². The number of primary amides is 1. The molecule has 0 unspecified atom stereocenters. The van der Waals surface area contributed by atoms with Gasteiger partial charge >= 0.3 is 12.1 Å². The van der Waals surface area contributed by atoms with Crippen LogP contribution in [-0.4, -0.2) is 70.1 Å². The Morgan fingerprint density at radius 3 is 2.51 bits per heavy atom. The summed E-state index contributed by atoms with van der Waals surface area (Å²) < 4.78 is 11.4. The largest absolute Gasteiger partial charge is 0.492 e. The van der Waals surface area contributed by atoms with E-state index < -0.39 is 35.5 Å². The van der Waals surface area contributed by atoms with Crippen LogP contribution in [0.5, 0.6) is 5.75 Å². The van der Waals surface area contributed by atoms with Crippen LogP contribution in [0.1, 0.15) is 67.9 Å². The summed E-state index contributed by atoms with van der Waals surface area (Å²) in [6.45, 7) is 6.46. The Bertz CT molecular complexity index is 1090. The lowest BCUT2D eigenvalue weighted by Crippen LogP contribution is -2.45. The van der Waals surface area contributed by atoms with Crippen molar-refractivity contribution in [2.24, 2.45) is 5.73 Å². The minimum absolute atomic E-state index is 0.0274. The predicted molar refractivity (Wildman–Crippen MR) is 125 cm³/mol. The zero-order valence-corrected chi connectivity index (χ0v) is 20.8. The molecule has 1 aromatic rings. The Morgan fingerprint density at radius 2 is 1.94 bits per heavy atom. The highest BCUT2D eigenvalue weighted by Crippen LogP contribution is 2.51. The van der Waals surface area contributed by atoms with E-state index in [0.717, 1.165) is 5.56 Å². The fraction of sp³-hybridized carbons (Fsp3) is 0.583. The molecule has 10 nitrogen and oxygen atoms in total. The van der Waals surface area contributed by atoms with E-state index in [1.54, 1.807) is 26.8 Å². The average Bonchev–Trinajstić information content (AvgIpc) is 3.26. The maximum absolute atomic E-state index is 13.3. The number of benzene rings is 1. The number of amides is 3. The molecule has 0 aliphatic carbocycles. The first-order valence-corrected chi connectivity index (χ1v) is 12.0. The van der Waals surface area contributed by atoms with Gasteiger partial charge in [0.05, 0.1) is 23.7 Å². The van der Waals surface area contributed by atoms with Crippen molar-refractivity contribution in [1.29, 1.82) is 0 Å². The summed E-state index contributed by atoms with van der Waals surface area (Å²) in [6, 6.07) is 0.726. The summed E-state index contributed by atoms with van der Waals surface area (Å²) in [5.74, 6) is -1.07. The number of likely N-dealkylation sites (tertiary alicyclic amines) is 1. The third-order valence-corrected chi connectivity index (χ3v) is 7.23. The smallest absolute Gasteiger partial charge is 0.407 e. The van der Waals surface area contributed by atoms with Gasteiger partial charge in [-0.1, -0.05) is 11.6 Å². The number of halogens is 1. The molecule has 3 N–H and O–H groups in total. The van der Waals surface area contributed by atoms with Crippen LogP contribution in [-0.2, 0) is 26.3 Å². The van der Waals surface area contributed by atoms with Crippen LogP contribution in [0.25, 0.3) is 0 Å². The lowest BCUT2D eigenvalue weighted by atomic mass is 9.74. The first-order chi connectivity index (χ1) is 16.3. The second-order valence-corrected chi connectivity index (χ2v) is 10.8. The highest BCUT2D eigenvalue weighted by Gasteiger charge is 2.48. The molecule has 11 heteroatoms. The Kier molecular flexibility index (Phi) is 6.37. The standard InChI is InChI=1S/C24H30ClN3O7/c1-23(2,3)35-17(29)5-4-16(20(26)30)28-11-13-18(21(28)31)15(25)10-14-19(13)34-12-24(14)6-8-27(9-7-24)22(32)33/h10,16H,4-9,11-12H2,1-3H3,(H2,26,30)(H,32,33)/t16-/m0/s1. The fourth-order valence-electron chi connectivity index (χ4n) is 5.19. The summed E-state index contributed by atoms with van der Waals surface area (Å²) in [5.41, 5.74) is 6.32. The van der Waals surface area contributed by atoms with Crippen LogP contribution in [0.4, 0.5) is 4.79 Å². The number of rotatable bonds is 5. The minimum Gasteiger partial charge on any atom is -0.492 e. The van der Waals surface area contributed by atoms with Crippen molar-refractivity contribution in [1.82, 2.24) is 9.80 Å². The van der Waals surface area contributed by atoms with E-state index in [9.17, 15) is 24.3 Å². The molecule has 1 fully saturated rings. The summed E-state index contributed by atoms with van der Waals surface area (Å²) >= 11 is 6.58. The summed E-state index contributed by atoms with van der Waals surface area (Å²) in [6.07, 6.45) is 0.171. The number of carbonyl (C=O) groups excluding carboxylic acids is 3. The Balaban J connectivity index is 1.57. The van der Waals surface area contributed by atoms with Crippen LogP contribution in [0.3, 0.4) is 0 Å². The SMILES string of the molecule is CC(C)(C)OC(=O)CC[C@@H](C(N)=O)N1Cc2c3c(cc(Cl)c2C1=O)C1(CCN(C(=O)O)CC1)CO3. The van der Waals surface area contributed by atoms with Gasteiger partial charge in [-0.05, 0) is 46.1 Å². The number of hydrogen-bond donors (Lipinski definition) is 2. The van der Waals surface area contributed by atoms with Gasteiger partial charge in [0.25, 0.3) is 5.91 Å². The van der Waals surface area contributed by atoms with Crippen molar-refractivity contribution < 1.29 is 33.8 Å². The molecule has 4 rings (SSSR count). The van der Waals surface area contributed by atoms with Crippen molar-refractivity contribution >= 4 is 35.5 Å². The van der Waals surface area contributed by atoms with E-state index in [-0.39, 0.29) is 35.4 Å². The Morgan fingerprint density at radius 1 is 1.29 bits per heavy atom. The van der Waals surface area contributed by atoms with E-state index >= 15 is 0 Å². The second-order valence-electron chi connectivity index (χ2n) is 10.4. The number of carbonyl (C=O) groups is 4. The highest BCUT2D eigenvalue weighted by molar-refractivity contribution is 6.34. The molecule has 0 saturated carbocycles. The molecule has 1 saturated heterocycles. The zero-order valence-electron chi connectivity index (χ0n) is 20.1. The van der Waals surface area contributed by atoms with E-state index in [0.29, 0.717) is 43.9 Å². The molecule has 35 heavy (non-hydrogen) atoms. The maximum atomic E-state index is 13.3. The monoisotopic (exact) mass is 507 g/mol. The number of fused-ring (bicyclic) bond motifs is 4. The molecule has 3 heterocycles. The zero-order chi connectivity index (χ0) is 25.7. The van der Waals surface area contributed by atoms with E-state index in [4.69, 9.17) is 26.8 Å². The molecule has 0 aromatic heterocycles. The van der Waals surface area contributed by atoms with Gasteiger partial charge in [-0.25, -0.2) is 4.79 Å². The van der Waals surface area contributed by atoms with E-state index in [1.165, 1.54) is 9.80 Å². The minimum atomic E-state index is -1.01. The van der Waals surface area contributed by atoms with Gasteiger partial charge in [-0.15, -0.1) is 0 Å². The Labute approximate surface area is 208 Å². The first-order valence-electron chi connectivity index (χ1n) is 11.6. The summed E-state index contributed by atoms with van der Waals surface area (Å²) in [4.78, 5) is 51.8. The molecule has 0 bridgehead atoms. The van der Waals surface area contributed by atoms with Crippen LogP contribution < -0.4 is 10.5 Å². The molecule has 190 valence electrons. The molecular formula is C24H30ClN3O7. The second kappa shape index (κ2) is 8.89. The molecule has 1 aromatic carbocycles. The van der Waals surface area contributed by atoms with Gasteiger partial charge in [0.1, 0.15) is 17.4 Å². The molecule has 1 spiro atoms. The van der Waals surface area contributed by atoms with Crippen molar-refractivity contribution in [3.63, 3.8) is 0 Å². The van der Waals surface area contributed by atoms with Crippen LogP contribution in [0.2, 0.25) is 5.02 Å². The third kappa shape index (κ3) is 4.63. The highest BCUT2D eigenvalue weighted by atomic mass is 35.5. The summed E-state index contributed by atoms with van der Waals surface area (Å²) in [5, 5.41) is 9.54. The molecular weight excluding hydrogens is 478 g/mol. The van der Waals surface area contributed by atoms with Crippen molar-refractivity contribution in [3.8, 4) is 5.75 Å². The number of nitrogens with two attached hydrogens (primary N) is 1. The number of nitrogens with zero attached hydrogens (tertiary/aromatic N) is 2. The predicted octanol–water partition coefficient (Wildman–Crippen LogP) is 2.68. The van der Waals surface area contributed by atoms with Gasteiger partial charge in [-0.3, -0.25) is 14.4 Å². The van der Waals surface area contributed by atoms with Gasteiger partial charge in [0.15, 0.2) is 0 Å². The van der Waals surface area contributed by atoms with Crippen molar-refractivity contribution in [2.75, 3.05) is 19.7 Å². The van der Waals surface area contributed by atoms with Gasteiger partial charge in [-0.2, -0.15) is 0 Å². The summed E-state index contributed by atoms with van der Waals surface area (Å²) in [7, 11) is 0. The van der Waals surface area contributed by atoms with Gasteiger partial charge < -0.3 is 30.1 Å². The van der Waals surface area contributed by atoms with Crippen LogP contribution in [0.15, 0.2) is 6.07 Å².